The Balaban J connectivity index is 0.742. The van der Waals surface area contributed by atoms with Gasteiger partial charge < -0.3 is 29.5 Å². The fourth-order valence-corrected chi connectivity index (χ4v) is 9.66. The van der Waals surface area contributed by atoms with Gasteiger partial charge in [-0.2, -0.15) is 4.98 Å². The number of hydrogen-bond donors (Lipinski definition) is 2. The number of piperazine rings is 2. The highest BCUT2D eigenvalue weighted by atomic mass is 35.5. The van der Waals surface area contributed by atoms with Crippen molar-refractivity contribution in [2.45, 2.75) is 57.2 Å². The third-order valence-electron chi connectivity index (χ3n) is 12.7. The van der Waals surface area contributed by atoms with Gasteiger partial charge in [-0.05, 0) is 49.6 Å². The van der Waals surface area contributed by atoms with E-state index in [1.54, 1.807) is 30.1 Å². The molecule has 4 amide bonds. The van der Waals surface area contributed by atoms with Crippen molar-refractivity contribution in [1.29, 1.82) is 0 Å². The van der Waals surface area contributed by atoms with Crippen LogP contribution in [0.5, 0.6) is 0 Å². The maximum Gasteiger partial charge on any atom is 0.270 e. The summed E-state index contributed by atoms with van der Waals surface area (Å²) < 4.78 is 2.12. The first-order valence-electron chi connectivity index (χ1n) is 20.8. The lowest BCUT2D eigenvalue weighted by Crippen LogP contribution is -2.52. The van der Waals surface area contributed by atoms with Gasteiger partial charge in [0.25, 0.3) is 11.8 Å². The molecule has 4 aromatic rings. The average Bonchev–Trinajstić information content (AvgIpc) is 3.99. The zero-order chi connectivity index (χ0) is 40.8. The highest BCUT2D eigenvalue weighted by Crippen LogP contribution is 2.39. The van der Waals surface area contributed by atoms with Crippen molar-refractivity contribution in [3.8, 4) is 0 Å². The van der Waals surface area contributed by atoms with Gasteiger partial charge in [-0.1, -0.05) is 24.4 Å². The first-order valence-corrected chi connectivity index (χ1v) is 21.2. The molecule has 16 nitrogen and oxygen atoms in total. The van der Waals surface area contributed by atoms with Crippen molar-refractivity contribution in [2.75, 3.05) is 94.7 Å². The first-order chi connectivity index (χ1) is 28.6. The maximum atomic E-state index is 13.2. The number of fused-ring (bicyclic) bond motifs is 2. The minimum Gasteiger partial charge on any atom is -0.368 e. The number of anilines is 4. The molecule has 3 saturated heterocycles. The van der Waals surface area contributed by atoms with Crippen LogP contribution in [-0.2, 0) is 16.1 Å². The molecule has 7 heterocycles. The van der Waals surface area contributed by atoms with Gasteiger partial charge in [0, 0.05) is 121 Å². The highest BCUT2D eigenvalue weighted by Gasteiger charge is 2.40. The Kier molecular flexibility index (Phi) is 10.9. The molecular formula is C42H51ClN12O4. The minimum absolute atomic E-state index is 0.0266. The van der Waals surface area contributed by atoms with E-state index >= 15 is 0 Å². The monoisotopic (exact) mass is 822 g/mol. The lowest BCUT2D eigenvalue weighted by atomic mass is 10.0. The second kappa shape index (κ2) is 16.4. The second-order valence-corrected chi connectivity index (χ2v) is 16.9. The molecule has 3 aromatic heterocycles. The van der Waals surface area contributed by atoms with Crippen LogP contribution in [0.25, 0.3) is 11.0 Å². The average molecular weight is 823 g/mol. The number of amides is 4. The molecule has 1 unspecified atom stereocenters. The van der Waals surface area contributed by atoms with Crippen molar-refractivity contribution in [3.63, 3.8) is 0 Å². The van der Waals surface area contributed by atoms with Crippen molar-refractivity contribution in [3.05, 3.63) is 64.6 Å². The summed E-state index contributed by atoms with van der Waals surface area (Å²) in [5.74, 6) is 0.166. The van der Waals surface area contributed by atoms with Gasteiger partial charge in [-0.15, -0.1) is 0 Å². The summed E-state index contributed by atoms with van der Waals surface area (Å²) >= 11 is 6.95. The molecule has 17 heteroatoms. The van der Waals surface area contributed by atoms with E-state index in [4.69, 9.17) is 21.6 Å². The Morgan fingerprint density at radius 1 is 0.881 bits per heavy atom. The van der Waals surface area contributed by atoms with Crippen LogP contribution in [0.4, 0.5) is 23.1 Å². The lowest BCUT2D eigenvalue weighted by Gasteiger charge is -2.39. The number of aromatic nitrogens is 4. The predicted molar refractivity (Wildman–Crippen MR) is 225 cm³/mol. The van der Waals surface area contributed by atoms with E-state index in [2.05, 4.69) is 45.9 Å². The van der Waals surface area contributed by atoms with Crippen LogP contribution in [0.3, 0.4) is 0 Å². The number of halogens is 1. The zero-order valence-electron chi connectivity index (χ0n) is 33.7. The first kappa shape index (κ1) is 39.2. The van der Waals surface area contributed by atoms with Crippen LogP contribution in [0.15, 0.2) is 42.7 Å². The Hall–Kier alpha value is -5.32. The molecular weight excluding hydrogens is 772 g/mol. The van der Waals surface area contributed by atoms with Crippen LogP contribution in [0.2, 0.25) is 5.02 Å². The van der Waals surface area contributed by atoms with Gasteiger partial charge in [0.05, 0.1) is 22.6 Å². The summed E-state index contributed by atoms with van der Waals surface area (Å²) in [5, 5.41) is 7.08. The number of imide groups is 1. The Morgan fingerprint density at radius 2 is 1.59 bits per heavy atom. The van der Waals surface area contributed by atoms with Crippen LogP contribution >= 0.6 is 11.6 Å². The standard InChI is InChI=1S/C42H51ClN12O4/c1-49(2)41(59)34-23-27-24-45-42(48-38(27)55(34)28-5-3-4-6-28)46-35-11-7-29(25-44-35)52-19-15-50(16-20-52)13-14-51-17-21-53(22-18-51)32-9-8-30-31(37(32)43)26-54(40(30)58)33-10-12-36(56)47-39(33)57/h7-9,11,23-25,28,33H,3-6,10,12-22,26H2,1-2H3,(H,47,56,57)(H,44,45,46,48). The SMILES string of the molecule is CN(C)C(=O)c1cc2cnc(Nc3ccc(N4CCN(CCN5CCN(c6ccc7c(c6Cl)CN(C6CCC(=O)NC6=O)C7=O)CC5)CC4)cn3)nc2n1C1CCCC1. The van der Waals surface area contributed by atoms with Crippen molar-refractivity contribution in [2.24, 2.45) is 0 Å². The molecule has 5 aliphatic rings. The van der Waals surface area contributed by atoms with E-state index < -0.39 is 11.9 Å². The van der Waals surface area contributed by atoms with E-state index in [1.807, 2.05) is 30.5 Å². The van der Waals surface area contributed by atoms with Crippen LogP contribution in [0, 0.1) is 0 Å². The second-order valence-electron chi connectivity index (χ2n) is 16.5. The van der Waals surface area contributed by atoms with Crippen LogP contribution in [0.1, 0.15) is 71.0 Å². The van der Waals surface area contributed by atoms with Gasteiger partial charge in [0.1, 0.15) is 23.2 Å². The predicted octanol–water partition coefficient (Wildman–Crippen LogP) is 3.75. The van der Waals surface area contributed by atoms with Gasteiger partial charge in [0.15, 0.2) is 0 Å². The normalized spacial score (nSPS) is 20.8. The van der Waals surface area contributed by atoms with Gasteiger partial charge >= 0.3 is 0 Å². The van der Waals surface area contributed by atoms with E-state index in [0.717, 1.165) is 119 Å². The summed E-state index contributed by atoms with van der Waals surface area (Å²) in [6, 6.07) is 9.33. The van der Waals surface area contributed by atoms with Crippen molar-refractivity contribution >= 4 is 69.4 Å². The van der Waals surface area contributed by atoms with E-state index in [9.17, 15) is 19.2 Å². The van der Waals surface area contributed by atoms with E-state index in [-0.39, 0.29) is 36.7 Å². The lowest BCUT2D eigenvalue weighted by molar-refractivity contribution is -0.136. The quantitative estimate of drug-likeness (QED) is 0.224. The maximum absolute atomic E-state index is 13.2. The molecule has 4 aliphatic heterocycles. The molecule has 0 radical (unpaired) electrons. The number of benzene rings is 1. The molecule has 1 atom stereocenters. The molecule has 9 rings (SSSR count). The fourth-order valence-electron chi connectivity index (χ4n) is 9.32. The van der Waals surface area contributed by atoms with Crippen molar-refractivity contribution in [1.82, 2.24) is 44.4 Å². The number of pyridine rings is 1. The van der Waals surface area contributed by atoms with Gasteiger partial charge in [-0.25, -0.2) is 9.97 Å². The summed E-state index contributed by atoms with van der Waals surface area (Å²) in [6.07, 6.45) is 8.62. The molecule has 2 N–H and O–H groups in total. The molecule has 4 fully saturated rings. The number of carbonyl (C=O) groups excluding carboxylic acids is 4. The Labute approximate surface area is 348 Å². The van der Waals surface area contributed by atoms with Crippen LogP contribution < -0.4 is 20.4 Å². The third-order valence-corrected chi connectivity index (χ3v) is 13.1. The molecule has 1 saturated carbocycles. The number of carbonyl (C=O) groups is 4. The van der Waals surface area contributed by atoms with E-state index in [0.29, 0.717) is 34.5 Å². The number of nitrogens with zero attached hydrogens (tertiary/aromatic N) is 10. The number of hydrogen-bond acceptors (Lipinski definition) is 12. The summed E-state index contributed by atoms with van der Waals surface area (Å²) in [5.41, 5.74) is 4.73. The zero-order valence-corrected chi connectivity index (χ0v) is 34.5. The van der Waals surface area contributed by atoms with E-state index in [1.165, 1.54) is 0 Å². The molecule has 0 bridgehead atoms. The molecule has 1 aromatic carbocycles. The minimum atomic E-state index is -0.660. The third kappa shape index (κ3) is 7.80. The highest BCUT2D eigenvalue weighted by molar-refractivity contribution is 6.35. The van der Waals surface area contributed by atoms with Gasteiger partial charge in [-0.3, -0.25) is 34.3 Å². The van der Waals surface area contributed by atoms with Crippen LogP contribution in [-0.4, -0.2) is 148 Å². The number of piperidine rings is 1. The molecule has 59 heavy (non-hydrogen) atoms. The summed E-state index contributed by atoms with van der Waals surface area (Å²) in [7, 11) is 3.56. The number of nitrogens with one attached hydrogen (secondary N) is 2. The fraction of sp³-hybridized carbons (Fsp3) is 0.500. The van der Waals surface area contributed by atoms with Gasteiger partial charge in [0.2, 0.25) is 17.8 Å². The largest absolute Gasteiger partial charge is 0.368 e. The smallest absolute Gasteiger partial charge is 0.270 e. The molecule has 1 aliphatic carbocycles. The topological polar surface area (TPSA) is 155 Å². The Bertz CT molecular complexity index is 2260. The Morgan fingerprint density at radius 3 is 2.25 bits per heavy atom. The summed E-state index contributed by atoms with van der Waals surface area (Å²) in [6.45, 7) is 9.59. The number of rotatable bonds is 10. The summed E-state index contributed by atoms with van der Waals surface area (Å²) in [4.78, 5) is 77.5. The van der Waals surface area contributed by atoms with Crippen molar-refractivity contribution < 1.29 is 19.2 Å². The molecule has 0 spiro atoms. The molecule has 310 valence electrons.